The van der Waals surface area contributed by atoms with Crippen molar-refractivity contribution in [1.82, 2.24) is 0 Å². The maximum atomic E-state index is 9.76. The summed E-state index contributed by atoms with van der Waals surface area (Å²) < 4.78 is 15.9. The van der Waals surface area contributed by atoms with Crippen LogP contribution in [0.5, 0.6) is 11.5 Å². The van der Waals surface area contributed by atoms with E-state index in [1.807, 2.05) is 0 Å². The normalized spacial score (nSPS) is 30.2. The number of benzene rings is 1. The third kappa shape index (κ3) is 2.22. The van der Waals surface area contributed by atoms with Crippen molar-refractivity contribution in [2.75, 3.05) is 26.4 Å². The van der Waals surface area contributed by atoms with Crippen molar-refractivity contribution >= 4 is 0 Å². The fourth-order valence-corrected chi connectivity index (χ4v) is 1.81. The molecule has 1 aromatic carbocycles. The van der Waals surface area contributed by atoms with Crippen molar-refractivity contribution in [1.29, 1.82) is 0 Å². The van der Waals surface area contributed by atoms with E-state index in [4.69, 9.17) is 14.2 Å². The van der Waals surface area contributed by atoms with Crippen molar-refractivity contribution in [2.24, 2.45) is 0 Å². The molecule has 2 unspecified atom stereocenters. The molecule has 2 aliphatic rings. The summed E-state index contributed by atoms with van der Waals surface area (Å²) in [5.41, 5.74) is -0.0215. The van der Waals surface area contributed by atoms with Gasteiger partial charge in [-0.2, -0.15) is 0 Å². The topological polar surface area (TPSA) is 74.8 Å². The minimum absolute atomic E-state index is 0.109. The van der Waals surface area contributed by atoms with E-state index >= 15 is 0 Å². The van der Waals surface area contributed by atoms with Crippen LogP contribution in [0.3, 0.4) is 0 Å². The highest BCUT2D eigenvalue weighted by atomic mass is 16.6. The van der Waals surface area contributed by atoms with E-state index in [9.17, 15) is 10.2 Å². The predicted molar refractivity (Wildman–Crippen MR) is 58.0 cm³/mol. The van der Waals surface area contributed by atoms with Crippen LogP contribution in [0.15, 0.2) is 18.2 Å². The first-order valence-corrected chi connectivity index (χ1v) is 5.55. The Morgan fingerprint density at radius 2 is 2.18 bits per heavy atom. The Kier molecular flexibility index (Phi) is 2.47. The van der Waals surface area contributed by atoms with Crippen LogP contribution in [0, 0.1) is 0 Å². The first-order chi connectivity index (χ1) is 8.20. The van der Waals surface area contributed by atoms with Gasteiger partial charge in [0.15, 0.2) is 0 Å². The van der Waals surface area contributed by atoms with Gasteiger partial charge < -0.3 is 24.4 Å². The molecule has 2 atom stereocenters. The minimum Gasteiger partial charge on any atom is -0.508 e. The Labute approximate surface area is 98.5 Å². The molecule has 2 fully saturated rings. The molecule has 2 heterocycles. The van der Waals surface area contributed by atoms with Crippen LogP contribution in [0.4, 0.5) is 0 Å². The van der Waals surface area contributed by atoms with Crippen molar-refractivity contribution in [2.45, 2.75) is 11.7 Å². The molecule has 0 spiro atoms. The van der Waals surface area contributed by atoms with Crippen molar-refractivity contribution in [3.8, 4) is 11.5 Å². The van der Waals surface area contributed by atoms with Gasteiger partial charge in [0.25, 0.3) is 0 Å². The van der Waals surface area contributed by atoms with Crippen LogP contribution < -0.4 is 0 Å². The molecule has 92 valence electrons. The number of phenolic OH excluding ortho intramolecular Hbond substituents is 2. The third-order valence-electron chi connectivity index (χ3n) is 3.01. The molecule has 5 nitrogen and oxygen atoms in total. The second kappa shape index (κ2) is 3.87. The Morgan fingerprint density at radius 3 is 2.82 bits per heavy atom. The van der Waals surface area contributed by atoms with E-state index in [1.54, 1.807) is 0 Å². The molecule has 2 saturated heterocycles. The minimum atomic E-state index is -0.599. The van der Waals surface area contributed by atoms with Gasteiger partial charge in [-0.15, -0.1) is 0 Å². The van der Waals surface area contributed by atoms with Crippen LogP contribution in [-0.2, 0) is 19.8 Å². The van der Waals surface area contributed by atoms with Crippen LogP contribution >= 0.6 is 0 Å². The predicted octanol–water partition coefficient (Wildman–Crippen LogP) is 0.739. The third-order valence-corrected chi connectivity index (χ3v) is 3.01. The zero-order valence-corrected chi connectivity index (χ0v) is 9.26. The largest absolute Gasteiger partial charge is 0.508 e. The fourth-order valence-electron chi connectivity index (χ4n) is 1.81. The van der Waals surface area contributed by atoms with Gasteiger partial charge in [-0.3, -0.25) is 0 Å². The first-order valence-electron chi connectivity index (χ1n) is 5.55. The summed E-state index contributed by atoms with van der Waals surface area (Å²) in [6.45, 7) is 2.16. The first kappa shape index (κ1) is 10.8. The van der Waals surface area contributed by atoms with E-state index in [0.717, 1.165) is 6.61 Å². The van der Waals surface area contributed by atoms with E-state index in [-0.39, 0.29) is 17.6 Å². The van der Waals surface area contributed by atoms with Gasteiger partial charge in [-0.25, -0.2) is 0 Å². The molecule has 0 aromatic heterocycles. The zero-order chi connectivity index (χ0) is 11.9. The highest BCUT2D eigenvalue weighted by molar-refractivity contribution is 5.44. The summed E-state index contributed by atoms with van der Waals surface area (Å²) in [6, 6.07) is 4.41. The summed E-state index contributed by atoms with van der Waals surface area (Å²) in [5.74, 6) is 0.227. The van der Waals surface area contributed by atoms with Crippen molar-refractivity contribution in [3.63, 3.8) is 0 Å². The summed E-state index contributed by atoms with van der Waals surface area (Å²) in [7, 11) is 0. The maximum Gasteiger partial charge on any atom is 0.143 e. The molecule has 0 radical (unpaired) electrons. The average molecular weight is 238 g/mol. The molecule has 0 aliphatic carbocycles. The Bertz CT molecular complexity index is 423. The van der Waals surface area contributed by atoms with Crippen LogP contribution in [-0.4, -0.2) is 42.7 Å². The monoisotopic (exact) mass is 238 g/mol. The number of hydrogen-bond donors (Lipinski definition) is 2. The highest BCUT2D eigenvalue weighted by Crippen LogP contribution is 2.44. The lowest BCUT2D eigenvalue weighted by atomic mass is 9.99. The van der Waals surface area contributed by atoms with Crippen LogP contribution in [0.25, 0.3) is 0 Å². The number of aromatic hydroxyl groups is 2. The molecule has 1 aromatic rings. The summed E-state index contributed by atoms with van der Waals surface area (Å²) >= 11 is 0. The molecule has 0 saturated carbocycles. The average Bonchev–Trinajstić information content (AvgIpc) is 3.17. The van der Waals surface area contributed by atoms with E-state index < -0.39 is 5.60 Å². The van der Waals surface area contributed by atoms with Crippen LogP contribution in [0.2, 0.25) is 0 Å². The lowest BCUT2D eigenvalue weighted by Crippen LogP contribution is -2.19. The molecule has 5 heteroatoms. The second-order valence-electron chi connectivity index (χ2n) is 4.45. The number of ether oxygens (including phenoxy) is 3. The fraction of sp³-hybridized carbons (Fsp3) is 0.500. The van der Waals surface area contributed by atoms with Gasteiger partial charge in [0, 0.05) is 5.56 Å². The molecular formula is C12H14O5. The number of hydrogen-bond acceptors (Lipinski definition) is 5. The molecular weight excluding hydrogens is 224 g/mol. The quantitative estimate of drug-likeness (QED) is 0.584. The summed E-state index contributed by atoms with van der Waals surface area (Å²) in [6.07, 6.45) is 0.212. The highest BCUT2D eigenvalue weighted by Gasteiger charge is 2.49. The standard InChI is InChI=1S/C12H14O5/c13-8-1-2-11(14)10(3-8)12(7-17-12)6-15-4-9-5-16-9/h1-3,9,13-14H,4-7H2. The lowest BCUT2D eigenvalue weighted by molar-refractivity contribution is 0.0661. The Morgan fingerprint density at radius 1 is 1.41 bits per heavy atom. The van der Waals surface area contributed by atoms with Gasteiger partial charge in [0.05, 0.1) is 26.4 Å². The Hall–Kier alpha value is -1.30. The van der Waals surface area contributed by atoms with E-state index in [0.29, 0.717) is 25.4 Å². The molecule has 2 N–H and O–H groups in total. The zero-order valence-electron chi connectivity index (χ0n) is 9.26. The van der Waals surface area contributed by atoms with Crippen molar-refractivity contribution in [3.05, 3.63) is 23.8 Å². The molecule has 3 rings (SSSR count). The number of epoxide rings is 2. The maximum absolute atomic E-state index is 9.76. The van der Waals surface area contributed by atoms with E-state index in [1.165, 1.54) is 18.2 Å². The molecule has 0 amide bonds. The number of phenols is 2. The molecule has 2 aliphatic heterocycles. The lowest BCUT2D eigenvalue weighted by Gasteiger charge is -2.14. The molecule has 0 bridgehead atoms. The van der Waals surface area contributed by atoms with Gasteiger partial charge in [-0.1, -0.05) is 0 Å². The summed E-state index contributed by atoms with van der Waals surface area (Å²) in [4.78, 5) is 0. The van der Waals surface area contributed by atoms with Gasteiger partial charge in [0.2, 0.25) is 0 Å². The van der Waals surface area contributed by atoms with Gasteiger partial charge in [-0.05, 0) is 18.2 Å². The summed E-state index contributed by atoms with van der Waals surface area (Å²) in [5, 5.41) is 19.2. The van der Waals surface area contributed by atoms with Gasteiger partial charge in [0.1, 0.15) is 23.2 Å². The smallest absolute Gasteiger partial charge is 0.143 e. The molecule has 17 heavy (non-hydrogen) atoms. The second-order valence-corrected chi connectivity index (χ2v) is 4.45. The van der Waals surface area contributed by atoms with E-state index in [2.05, 4.69) is 0 Å². The number of rotatable bonds is 5. The SMILES string of the molecule is Oc1ccc(O)c(C2(COCC3CO3)CO2)c1. The van der Waals surface area contributed by atoms with Crippen LogP contribution in [0.1, 0.15) is 5.56 Å². The van der Waals surface area contributed by atoms with Crippen molar-refractivity contribution < 1.29 is 24.4 Å². The van der Waals surface area contributed by atoms with Gasteiger partial charge >= 0.3 is 0 Å². The Balaban J connectivity index is 1.70.